The van der Waals surface area contributed by atoms with Gasteiger partial charge in [0.2, 0.25) is 0 Å². The van der Waals surface area contributed by atoms with Crippen LogP contribution in [0, 0.1) is 0 Å². The van der Waals surface area contributed by atoms with Crippen molar-refractivity contribution >= 4 is 8.02 Å². The SMILES string of the molecule is CCN(CC)[P+]1([O-])N[C@H](OO)CCO1. The Hall–Kier alpha value is 0.190. The number of nitrogens with one attached hydrogen (secondary N) is 1. The lowest BCUT2D eigenvalue weighted by atomic mass is 10.4. The van der Waals surface area contributed by atoms with Crippen LogP contribution in [0.3, 0.4) is 0 Å². The van der Waals surface area contributed by atoms with Crippen molar-refractivity contribution in [2.24, 2.45) is 0 Å². The summed E-state index contributed by atoms with van der Waals surface area (Å²) in [6, 6.07) is 0. The van der Waals surface area contributed by atoms with Crippen molar-refractivity contribution in [3.05, 3.63) is 0 Å². The van der Waals surface area contributed by atoms with E-state index in [0.717, 1.165) is 0 Å². The Balaban J connectivity index is 2.61. The molecule has 0 aromatic carbocycles. The van der Waals surface area contributed by atoms with Gasteiger partial charge in [-0.2, -0.15) is 0 Å². The van der Waals surface area contributed by atoms with Gasteiger partial charge in [-0.15, -0.1) is 9.76 Å². The third-order valence-electron chi connectivity index (χ3n) is 2.18. The predicted molar refractivity (Wildman–Crippen MR) is 51.0 cm³/mol. The summed E-state index contributed by atoms with van der Waals surface area (Å²) in [6.07, 6.45) is -0.114. The van der Waals surface area contributed by atoms with E-state index >= 15 is 0 Å². The van der Waals surface area contributed by atoms with Gasteiger partial charge >= 0.3 is 0 Å². The lowest BCUT2D eigenvalue weighted by Crippen LogP contribution is -2.49. The quantitative estimate of drug-likeness (QED) is 0.403. The zero-order valence-electron chi connectivity index (χ0n) is 8.47. The Bertz CT molecular complexity index is 181. The fourth-order valence-corrected chi connectivity index (χ4v) is 3.44. The van der Waals surface area contributed by atoms with Crippen LogP contribution in [0.2, 0.25) is 0 Å². The van der Waals surface area contributed by atoms with Crippen molar-refractivity contribution in [3.63, 3.8) is 0 Å². The summed E-state index contributed by atoms with van der Waals surface area (Å²) in [6.45, 7) is 5.37. The minimum Gasteiger partial charge on any atom is -0.626 e. The third-order valence-corrected chi connectivity index (χ3v) is 4.64. The Morgan fingerprint density at radius 1 is 1.64 bits per heavy atom. The number of hydrogen-bond donors (Lipinski definition) is 2. The van der Waals surface area contributed by atoms with Gasteiger partial charge in [0.25, 0.3) is 8.02 Å². The van der Waals surface area contributed by atoms with E-state index in [2.05, 4.69) is 9.97 Å². The molecule has 0 saturated carbocycles. The molecule has 14 heavy (non-hydrogen) atoms. The van der Waals surface area contributed by atoms with E-state index in [4.69, 9.17) is 9.78 Å². The molecule has 0 spiro atoms. The first-order valence-electron chi connectivity index (χ1n) is 4.74. The molecule has 0 radical (unpaired) electrons. The molecule has 1 unspecified atom stereocenters. The average Bonchev–Trinajstić information content (AvgIpc) is 2.19. The van der Waals surface area contributed by atoms with Crippen LogP contribution < -0.4 is 9.98 Å². The lowest BCUT2D eigenvalue weighted by Gasteiger charge is -2.40. The van der Waals surface area contributed by atoms with Crippen molar-refractivity contribution in [1.82, 2.24) is 9.76 Å². The van der Waals surface area contributed by atoms with Gasteiger partial charge in [-0.3, -0.25) is 5.26 Å². The monoisotopic (exact) mass is 224 g/mol. The zero-order chi connectivity index (χ0) is 10.6. The Morgan fingerprint density at radius 2 is 2.29 bits per heavy atom. The molecule has 2 atom stereocenters. The smallest absolute Gasteiger partial charge is 0.252 e. The van der Waals surface area contributed by atoms with Gasteiger partial charge in [-0.1, -0.05) is 0 Å². The molecule has 7 heteroatoms. The number of rotatable bonds is 4. The Morgan fingerprint density at radius 3 is 2.79 bits per heavy atom. The molecule has 84 valence electrons. The van der Waals surface area contributed by atoms with Crippen LogP contribution in [0.4, 0.5) is 0 Å². The van der Waals surface area contributed by atoms with E-state index in [1.165, 1.54) is 0 Å². The lowest BCUT2D eigenvalue weighted by molar-refractivity contribution is -0.297. The zero-order valence-corrected chi connectivity index (χ0v) is 9.37. The van der Waals surface area contributed by atoms with E-state index in [9.17, 15) is 4.89 Å². The summed E-state index contributed by atoms with van der Waals surface area (Å²) >= 11 is 0. The first kappa shape index (κ1) is 12.3. The van der Waals surface area contributed by atoms with Crippen molar-refractivity contribution in [2.75, 3.05) is 19.7 Å². The van der Waals surface area contributed by atoms with E-state index in [1.807, 2.05) is 13.8 Å². The molecule has 1 heterocycles. The standard InChI is InChI=1S/C7H17N2O4P/c1-3-9(4-2)14(11)8-7(13-10)5-6-12-14/h7,10H,3-6H2,1-2H3,(H,8,11)/t7-,14?/m1/s1. The van der Waals surface area contributed by atoms with Gasteiger partial charge in [0.1, 0.15) is 0 Å². The summed E-state index contributed by atoms with van der Waals surface area (Å²) in [5.74, 6) is 0. The Labute approximate surface area is 84.3 Å². The highest BCUT2D eigenvalue weighted by atomic mass is 31.2. The van der Waals surface area contributed by atoms with E-state index in [1.54, 1.807) is 4.67 Å². The minimum atomic E-state index is -3.00. The summed E-state index contributed by atoms with van der Waals surface area (Å²) in [5, 5.41) is 11.2. The molecule has 6 nitrogen and oxygen atoms in total. The van der Waals surface area contributed by atoms with Crippen LogP contribution in [-0.4, -0.2) is 35.9 Å². The molecular formula is C7H17N2O4P. The summed E-state index contributed by atoms with van der Waals surface area (Å²) in [5.41, 5.74) is 0. The molecule has 1 saturated heterocycles. The molecule has 0 aromatic rings. The van der Waals surface area contributed by atoms with Gasteiger partial charge < -0.3 is 4.89 Å². The fraction of sp³-hybridized carbons (Fsp3) is 1.00. The normalized spacial score (nSPS) is 33.6. The van der Waals surface area contributed by atoms with E-state index < -0.39 is 14.2 Å². The molecule has 1 aliphatic heterocycles. The molecule has 2 N–H and O–H groups in total. The molecule has 0 aromatic heterocycles. The highest BCUT2D eigenvalue weighted by Crippen LogP contribution is 2.53. The summed E-state index contributed by atoms with van der Waals surface area (Å²) in [4.78, 5) is 16.3. The maximum atomic E-state index is 12.2. The topological polar surface area (TPSA) is 77.0 Å². The molecule has 1 aliphatic rings. The van der Waals surface area contributed by atoms with E-state index in [-0.39, 0.29) is 0 Å². The van der Waals surface area contributed by atoms with Gasteiger partial charge in [0, 0.05) is 19.5 Å². The molecule has 0 aliphatic carbocycles. The number of nitrogens with zero attached hydrogens (tertiary/aromatic N) is 1. The molecular weight excluding hydrogens is 207 g/mol. The molecule has 1 rings (SSSR count). The van der Waals surface area contributed by atoms with Crippen LogP contribution in [0.15, 0.2) is 0 Å². The first-order chi connectivity index (χ1) is 6.66. The second kappa shape index (κ2) is 5.32. The average molecular weight is 224 g/mol. The maximum absolute atomic E-state index is 12.2. The summed E-state index contributed by atoms with van der Waals surface area (Å²) in [7, 11) is -3.00. The van der Waals surface area contributed by atoms with Gasteiger partial charge in [-0.25, -0.2) is 9.41 Å². The van der Waals surface area contributed by atoms with Crippen molar-refractivity contribution in [1.29, 1.82) is 0 Å². The van der Waals surface area contributed by atoms with Crippen LogP contribution >= 0.6 is 8.02 Å². The second-order valence-electron chi connectivity index (χ2n) is 3.00. The van der Waals surface area contributed by atoms with Crippen molar-refractivity contribution in [3.8, 4) is 0 Å². The van der Waals surface area contributed by atoms with Crippen LogP contribution in [0.1, 0.15) is 20.3 Å². The van der Waals surface area contributed by atoms with Gasteiger partial charge in [-0.05, 0) is 13.8 Å². The third kappa shape index (κ3) is 2.61. The molecule has 0 bridgehead atoms. The molecule has 0 amide bonds. The highest BCUT2D eigenvalue weighted by Gasteiger charge is 2.41. The Kier molecular flexibility index (Phi) is 4.66. The van der Waals surface area contributed by atoms with Gasteiger partial charge in [0.05, 0.1) is 6.61 Å². The molecule has 1 fully saturated rings. The van der Waals surface area contributed by atoms with Crippen molar-refractivity contribution < 1.29 is 19.6 Å². The largest absolute Gasteiger partial charge is 0.626 e. The fourth-order valence-electron chi connectivity index (χ4n) is 1.40. The predicted octanol–water partition coefficient (Wildman–Crippen LogP) is 0.192. The highest BCUT2D eigenvalue weighted by molar-refractivity contribution is 7.59. The van der Waals surface area contributed by atoms with Crippen LogP contribution in [0.25, 0.3) is 0 Å². The minimum absolute atomic E-state index is 0.325. The van der Waals surface area contributed by atoms with E-state index in [0.29, 0.717) is 26.1 Å². The first-order valence-corrected chi connectivity index (χ1v) is 6.32. The van der Waals surface area contributed by atoms with Crippen LogP contribution in [-0.2, 0) is 9.41 Å². The van der Waals surface area contributed by atoms with Crippen LogP contribution in [0.5, 0.6) is 0 Å². The number of hydrogen-bond acceptors (Lipinski definition) is 6. The maximum Gasteiger partial charge on any atom is 0.252 e. The summed E-state index contributed by atoms with van der Waals surface area (Å²) < 4.78 is 6.91. The van der Waals surface area contributed by atoms with Gasteiger partial charge in [0.15, 0.2) is 6.23 Å². The van der Waals surface area contributed by atoms with Crippen molar-refractivity contribution in [2.45, 2.75) is 26.5 Å². The second-order valence-corrected chi connectivity index (χ2v) is 5.13.